The van der Waals surface area contributed by atoms with E-state index in [0.717, 1.165) is 10.7 Å². The molecule has 0 atom stereocenters. The predicted molar refractivity (Wildman–Crippen MR) is 72.1 cm³/mol. The molecule has 0 spiro atoms. The molecule has 0 aliphatic carbocycles. The van der Waals surface area contributed by atoms with Gasteiger partial charge in [-0.25, -0.2) is 9.55 Å². The SMILES string of the molecule is Cc1ncc([N+](=O)[O-])n1CC(=O)c1ccc(Br)cc1. The lowest BCUT2D eigenvalue weighted by molar-refractivity contribution is -0.392. The van der Waals surface area contributed by atoms with E-state index in [4.69, 9.17) is 0 Å². The molecule has 0 radical (unpaired) electrons. The van der Waals surface area contributed by atoms with Crippen LogP contribution in [0.1, 0.15) is 16.2 Å². The number of aromatic nitrogens is 2. The van der Waals surface area contributed by atoms with Crippen LogP contribution in [0.2, 0.25) is 0 Å². The molecule has 2 aromatic rings. The highest BCUT2D eigenvalue weighted by Crippen LogP contribution is 2.16. The highest BCUT2D eigenvalue weighted by molar-refractivity contribution is 9.10. The Bertz CT molecular complexity index is 634. The Morgan fingerprint density at radius 3 is 2.63 bits per heavy atom. The number of imidazole rings is 1. The summed E-state index contributed by atoms with van der Waals surface area (Å²) in [5.41, 5.74) is 0.505. The van der Waals surface area contributed by atoms with Crippen LogP contribution in [0.15, 0.2) is 34.9 Å². The molecule has 0 saturated carbocycles. The van der Waals surface area contributed by atoms with Crippen LogP contribution in [0.25, 0.3) is 0 Å². The van der Waals surface area contributed by atoms with Gasteiger partial charge >= 0.3 is 5.82 Å². The Labute approximate surface area is 117 Å². The quantitative estimate of drug-likeness (QED) is 0.492. The van der Waals surface area contributed by atoms with E-state index in [1.807, 2.05) is 0 Å². The Balaban J connectivity index is 2.26. The molecule has 0 saturated heterocycles. The summed E-state index contributed by atoms with van der Waals surface area (Å²) < 4.78 is 2.17. The Hall–Kier alpha value is -2.02. The lowest BCUT2D eigenvalue weighted by Crippen LogP contribution is -2.13. The van der Waals surface area contributed by atoms with Crippen molar-refractivity contribution in [1.29, 1.82) is 0 Å². The third-order valence-corrected chi connectivity index (χ3v) is 3.22. The van der Waals surface area contributed by atoms with E-state index in [1.165, 1.54) is 4.57 Å². The topological polar surface area (TPSA) is 78.0 Å². The third-order valence-electron chi connectivity index (χ3n) is 2.69. The lowest BCUT2D eigenvalue weighted by Gasteiger charge is -2.03. The van der Waals surface area contributed by atoms with Crippen molar-refractivity contribution in [3.8, 4) is 0 Å². The smallest absolute Gasteiger partial charge is 0.343 e. The normalized spacial score (nSPS) is 10.4. The van der Waals surface area contributed by atoms with E-state index in [1.54, 1.807) is 31.2 Å². The third kappa shape index (κ3) is 2.87. The molecule has 0 amide bonds. The van der Waals surface area contributed by atoms with Gasteiger partial charge in [0.15, 0.2) is 12.4 Å². The van der Waals surface area contributed by atoms with Gasteiger partial charge in [-0.2, -0.15) is 0 Å². The number of benzene rings is 1. The van der Waals surface area contributed by atoms with Crippen LogP contribution in [-0.4, -0.2) is 20.3 Å². The van der Waals surface area contributed by atoms with Crippen molar-refractivity contribution in [2.45, 2.75) is 13.5 Å². The minimum Gasteiger partial charge on any atom is -0.358 e. The average Bonchev–Trinajstić information content (AvgIpc) is 2.72. The number of aryl methyl sites for hydroxylation is 1. The molecule has 0 fully saturated rings. The summed E-state index contributed by atoms with van der Waals surface area (Å²) in [4.78, 5) is 26.2. The number of hydrogen-bond donors (Lipinski definition) is 0. The van der Waals surface area contributed by atoms with E-state index in [-0.39, 0.29) is 18.1 Å². The van der Waals surface area contributed by atoms with Gasteiger partial charge in [0.05, 0.1) is 0 Å². The molecule has 1 aromatic heterocycles. The van der Waals surface area contributed by atoms with Crippen molar-refractivity contribution in [3.63, 3.8) is 0 Å². The number of carbonyl (C=O) groups is 1. The second-order valence-electron chi connectivity index (χ2n) is 3.94. The van der Waals surface area contributed by atoms with Crippen molar-refractivity contribution >= 4 is 27.5 Å². The molecular weight excluding hydrogens is 314 g/mol. The van der Waals surface area contributed by atoms with E-state index < -0.39 is 4.92 Å². The molecule has 6 nitrogen and oxygen atoms in total. The average molecular weight is 324 g/mol. The summed E-state index contributed by atoms with van der Waals surface area (Å²) in [7, 11) is 0. The predicted octanol–water partition coefficient (Wildman–Crippen LogP) is 2.75. The van der Waals surface area contributed by atoms with Gasteiger partial charge < -0.3 is 10.1 Å². The van der Waals surface area contributed by atoms with Crippen molar-refractivity contribution in [1.82, 2.24) is 9.55 Å². The van der Waals surface area contributed by atoms with E-state index in [2.05, 4.69) is 20.9 Å². The summed E-state index contributed by atoms with van der Waals surface area (Å²) in [6, 6.07) is 6.85. The maximum Gasteiger partial charge on any atom is 0.343 e. The van der Waals surface area contributed by atoms with Crippen LogP contribution in [-0.2, 0) is 6.54 Å². The van der Waals surface area contributed by atoms with Crippen molar-refractivity contribution < 1.29 is 9.72 Å². The summed E-state index contributed by atoms with van der Waals surface area (Å²) in [6.45, 7) is 1.53. The van der Waals surface area contributed by atoms with Crippen LogP contribution in [0.5, 0.6) is 0 Å². The number of nitro groups is 1. The minimum absolute atomic E-state index is 0.0935. The highest BCUT2D eigenvalue weighted by Gasteiger charge is 2.20. The fraction of sp³-hybridized carbons (Fsp3) is 0.167. The van der Waals surface area contributed by atoms with Gasteiger partial charge in [-0.05, 0) is 17.1 Å². The molecule has 0 bridgehead atoms. The fourth-order valence-electron chi connectivity index (χ4n) is 1.67. The summed E-state index contributed by atoms with van der Waals surface area (Å²) in [5, 5.41) is 10.8. The maximum absolute atomic E-state index is 12.1. The standard InChI is InChI=1S/C12H10BrN3O3/c1-8-14-6-12(16(18)19)15(8)7-11(17)9-2-4-10(13)5-3-9/h2-6H,7H2,1H3. The van der Waals surface area contributed by atoms with Gasteiger partial charge in [0.1, 0.15) is 6.20 Å². The second kappa shape index (κ2) is 5.31. The molecule has 0 unspecified atom stereocenters. The molecule has 1 aromatic carbocycles. The minimum atomic E-state index is -0.547. The van der Waals surface area contributed by atoms with Crippen LogP contribution in [0, 0.1) is 17.0 Å². The molecule has 2 rings (SSSR count). The first-order valence-electron chi connectivity index (χ1n) is 5.44. The number of carbonyl (C=O) groups excluding carboxylic acids is 1. The van der Waals surface area contributed by atoms with E-state index in [9.17, 15) is 14.9 Å². The molecule has 1 heterocycles. The molecule has 7 heteroatoms. The molecule has 0 aliphatic rings. The lowest BCUT2D eigenvalue weighted by atomic mass is 10.1. The first-order chi connectivity index (χ1) is 8.99. The van der Waals surface area contributed by atoms with Crippen LogP contribution >= 0.6 is 15.9 Å². The fourth-order valence-corrected chi connectivity index (χ4v) is 1.93. The van der Waals surface area contributed by atoms with Crippen LogP contribution in [0.3, 0.4) is 0 Å². The first kappa shape index (κ1) is 13.4. The molecule has 0 N–H and O–H groups in total. The number of ketones is 1. The maximum atomic E-state index is 12.1. The number of hydrogen-bond acceptors (Lipinski definition) is 4. The first-order valence-corrected chi connectivity index (χ1v) is 6.23. The Morgan fingerprint density at radius 1 is 1.42 bits per heavy atom. The second-order valence-corrected chi connectivity index (χ2v) is 4.85. The van der Waals surface area contributed by atoms with Gasteiger partial charge in [0, 0.05) is 17.0 Å². The monoisotopic (exact) mass is 323 g/mol. The van der Waals surface area contributed by atoms with Crippen molar-refractivity contribution in [2.75, 3.05) is 0 Å². The number of Topliss-reactive ketones (excluding diaryl/α,β-unsaturated/α-hetero) is 1. The zero-order valence-corrected chi connectivity index (χ0v) is 11.6. The summed E-state index contributed by atoms with van der Waals surface area (Å²) >= 11 is 3.28. The van der Waals surface area contributed by atoms with Gasteiger partial charge in [-0.15, -0.1) is 0 Å². The Morgan fingerprint density at radius 2 is 2.05 bits per heavy atom. The van der Waals surface area contributed by atoms with Gasteiger partial charge in [-0.1, -0.05) is 28.1 Å². The zero-order valence-electron chi connectivity index (χ0n) is 10.0. The van der Waals surface area contributed by atoms with Crippen LogP contribution < -0.4 is 0 Å². The number of nitrogens with zero attached hydrogens (tertiary/aromatic N) is 3. The highest BCUT2D eigenvalue weighted by atomic mass is 79.9. The van der Waals surface area contributed by atoms with Crippen molar-refractivity contribution in [2.24, 2.45) is 0 Å². The van der Waals surface area contributed by atoms with Gasteiger partial charge in [0.2, 0.25) is 5.78 Å². The molecule has 19 heavy (non-hydrogen) atoms. The molecule has 0 aliphatic heterocycles. The van der Waals surface area contributed by atoms with E-state index in [0.29, 0.717) is 11.4 Å². The van der Waals surface area contributed by atoms with E-state index >= 15 is 0 Å². The largest absolute Gasteiger partial charge is 0.358 e. The van der Waals surface area contributed by atoms with Crippen molar-refractivity contribution in [3.05, 3.63) is 56.4 Å². The number of halogens is 1. The summed E-state index contributed by atoms with van der Waals surface area (Å²) in [5.74, 6) is 0.0665. The van der Waals surface area contributed by atoms with Crippen LogP contribution in [0.4, 0.5) is 5.82 Å². The molecule has 98 valence electrons. The number of rotatable bonds is 4. The van der Waals surface area contributed by atoms with Gasteiger partial charge in [-0.3, -0.25) is 4.79 Å². The summed E-state index contributed by atoms with van der Waals surface area (Å²) in [6.07, 6.45) is 1.16. The molecular formula is C12H10BrN3O3. The zero-order chi connectivity index (χ0) is 14.0. The van der Waals surface area contributed by atoms with Gasteiger partial charge in [0.25, 0.3) is 0 Å². The Kier molecular flexibility index (Phi) is 3.75.